The van der Waals surface area contributed by atoms with E-state index in [4.69, 9.17) is 0 Å². The fourth-order valence-corrected chi connectivity index (χ4v) is 3.62. The van der Waals surface area contributed by atoms with Crippen molar-refractivity contribution in [1.82, 2.24) is 10.2 Å². The molecule has 0 spiro atoms. The quantitative estimate of drug-likeness (QED) is 0.858. The minimum atomic E-state index is 0.00216. The SMILES string of the molecule is CCN1CCCC(NC(=O)c2ccc(Br)cc2Br)C1. The first-order valence-electron chi connectivity index (χ1n) is 6.58. The van der Waals surface area contributed by atoms with Gasteiger partial charge in [-0.3, -0.25) is 4.79 Å². The summed E-state index contributed by atoms with van der Waals surface area (Å²) < 4.78 is 1.79. The molecule has 19 heavy (non-hydrogen) atoms. The summed E-state index contributed by atoms with van der Waals surface area (Å²) in [6.07, 6.45) is 2.22. The number of halogens is 2. The van der Waals surface area contributed by atoms with Gasteiger partial charge < -0.3 is 10.2 Å². The molecule has 1 aromatic carbocycles. The molecular formula is C14H18Br2N2O. The largest absolute Gasteiger partial charge is 0.348 e. The third-order valence-electron chi connectivity index (χ3n) is 3.46. The lowest BCUT2D eigenvalue weighted by Crippen LogP contribution is -2.47. The molecule has 1 aliphatic heterocycles. The number of carbonyl (C=O) groups is 1. The van der Waals surface area contributed by atoms with E-state index < -0.39 is 0 Å². The summed E-state index contributed by atoms with van der Waals surface area (Å²) in [6, 6.07) is 5.88. The minimum Gasteiger partial charge on any atom is -0.348 e. The Bertz CT molecular complexity index is 465. The van der Waals surface area contributed by atoms with Crippen LogP contribution in [0, 0.1) is 0 Å². The van der Waals surface area contributed by atoms with E-state index in [1.807, 2.05) is 18.2 Å². The maximum absolute atomic E-state index is 12.3. The Morgan fingerprint density at radius 1 is 1.47 bits per heavy atom. The molecule has 1 heterocycles. The molecule has 0 bridgehead atoms. The third kappa shape index (κ3) is 4.04. The van der Waals surface area contributed by atoms with Crippen LogP contribution in [0.4, 0.5) is 0 Å². The van der Waals surface area contributed by atoms with Gasteiger partial charge in [-0.05, 0) is 60.1 Å². The topological polar surface area (TPSA) is 32.3 Å². The summed E-state index contributed by atoms with van der Waals surface area (Å²) in [7, 11) is 0. The molecule has 1 N–H and O–H groups in total. The van der Waals surface area contributed by atoms with Crippen molar-refractivity contribution < 1.29 is 4.79 Å². The molecule has 3 nitrogen and oxygen atoms in total. The molecular weight excluding hydrogens is 372 g/mol. The fourth-order valence-electron chi connectivity index (χ4n) is 2.40. The van der Waals surface area contributed by atoms with Crippen LogP contribution in [-0.2, 0) is 0 Å². The Kier molecular flexibility index (Phi) is 5.42. The van der Waals surface area contributed by atoms with Gasteiger partial charge in [0.05, 0.1) is 5.56 Å². The van der Waals surface area contributed by atoms with Crippen LogP contribution in [0.15, 0.2) is 27.1 Å². The first-order chi connectivity index (χ1) is 9.10. The van der Waals surface area contributed by atoms with Gasteiger partial charge in [-0.2, -0.15) is 0 Å². The number of rotatable bonds is 3. The van der Waals surface area contributed by atoms with Gasteiger partial charge in [0.1, 0.15) is 0 Å². The minimum absolute atomic E-state index is 0.00216. The first-order valence-corrected chi connectivity index (χ1v) is 8.17. The van der Waals surface area contributed by atoms with E-state index in [0.717, 1.165) is 41.4 Å². The zero-order valence-corrected chi connectivity index (χ0v) is 14.1. The average Bonchev–Trinajstić information content (AvgIpc) is 2.38. The van der Waals surface area contributed by atoms with Crippen LogP contribution in [0.5, 0.6) is 0 Å². The van der Waals surface area contributed by atoms with Crippen molar-refractivity contribution in [3.8, 4) is 0 Å². The van der Waals surface area contributed by atoms with Gasteiger partial charge in [0.15, 0.2) is 0 Å². The number of nitrogens with zero attached hydrogens (tertiary/aromatic N) is 1. The van der Waals surface area contributed by atoms with Gasteiger partial charge in [-0.15, -0.1) is 0 Å². The van der Waals surface area contributed by atoms with Crippen molar-refractivity contribution in [2.75, 3.05) is 19.6 Å². The predicted octanol–water partition coefficient (Wildman–Crippen LogP) is 3.43. The van der Waals surface area contributed by atoms with Gasteiger partial charge in [-0.1, -0.05) is 22.9 Å². The Labute approximate surface area is 131 Å². The van der Waals surface area contributed by atoms with Crippen LogP contribution >= 0.6 is 31.9 Å². The fraction of sp³-hybridized carbons (Fsp3) is 0.500. The second-order valence-electron chi connectivity index (χ2n) is 4.83. The van der Waals surface area contributed by atoms with Crippen molar-refractivity contribution in [3.05, 3.63) is 32.7 Å². The average molecular weight is 390 g/mol. The second kappa shape index (κ2) is 6.86. The summed E-state index contributed by atoms with van der Waals surface area (Å²) in [5.74, 6) is 0.00216. The molecule has 1 amide bonds. The van der Waals surface area contributed by atoms with E-state index in [9.17, 15) is 4.79 Å². The van der Waals surface area contributed by atoms with Crippen LogP contribution in [0.2, 0.25) is 0 Å². The molecule has 0 saturated carbocycles. The van der Waals surface area contributed by atoms with Gasteiger partial charge in [0.25, 0.3) is 5.91 Å². The maximum atomic E-state index is 12.3. The van der Waals surface area contributed by atoms with E-state index in [0.29, 0.717) is 5.56 Å². The van der Waals surface area contributed by atoms with Crippen molar-refractivity contribution >= 4 is 37.8 Å². The molecule has 1 fully saturated rings. The lowest BCUT2D eigenvalue weighted by Gasteiger charge is -2.32. The summed E-state index contributed by atoms with van der Waals surface area (Å²) >= 11 is 6.83. The highest BCUT2D eigenvalue weighted by atomic mass is 79.9. The zero-order chi connectivity index (χ0) is 13.8. The molecule has 104 valence electrons. The standard InChI is InChI=1S/C14H18Br2N2O/c1-2-18-7-3-4-11(9-18)17-14(19)12-6-5-10(15)8-13(12)16/h5-6,8,11H,2-4,7,9H2,1H3,(H,17,19). The molecule has 1 unspecified atom stereocenters. The summed E-state index contributed by atoms with van der Waals surface area (Å²) in [5.41, 5.74) is 0.692. The molecule has 1 atom stereocenters. The van der Waals surface area contributed by atoms with E-state index >= 15 is 0 Å². The van der Waals surface area contributed by atoms with E-state index in [1.165, 1.54) is 0 Å². The normalized spacial score (nSPS) is 20.3. The highest BCUT2D eigenvalue weighted by molar-refractivity contribution is 9.11. The van der Waals surface area contributed by atoms with E-state index in [1.54, 1.807) is 0 Å². The molecule has 5 heteroatoms. The number of likely N-dealkylation sites (N-methyl/N-ethyl adjacent to an activating group) is 1. The number of nitrogens with one attached hydrogen (secondary N) is 1. The van der Waals surface area contributed by atoms with Gasteiger partial charge in [0.2, 0.25) is 0 Å². The van der Waals surface area contributed by atoms with Crippen molar-refractivity contribution in [3.63, 3.8) is 0 Å². The number of benzene rings is 1. The lowest BCUT2D eigenvalue weighted by atomic mass is 10.1. The monoisotopic (exact) mass is 388 g/mol. The third-order valence-corrected chi connectivity index (χ3v) is 4.61. The van der Waals surface area contributed by atoms with E-state index in [2.05, 4.69) is 49.0 Å². The smallest absolute Gasteiger partial charge is 0.252 e. The van der Waals surface area contributed by atoms with Crippen LogP contribution < -0.4 is 5.32 Å². The van der Waals surface area contributed by atoms with Crippen molar-refractivity contribution in [2.45, 2.75) is 25.8 Å². The van der Waals surface area contributed by atoms with Crippen molar-refractivity contribution in [1.29, 1.82) is 0 Å². The maximum Gasteiger partial charge on any atom is 0.252 e. The molecule has 1 saturated heterocycles. The molecule has 0 aliphatic carbocycles. The number of hydrogen-bond acceptors (Lipinski definition) is 2. The number of amides is 1. The molecule has 0 aromatic heterocycles. The number of carbonyl (C=O) groups excluding carboxylic acids is 1. The van der Waals surface area contributed by atoms with Crippen LogP contribution in [-0.4, -0.2) is 36.5 Å². The van der Waals surface area contributed by atoms with Gasteiger partial charge in [-0.25, -0.2) is 0 Å². The number of hydrogen-bond donors (Lipinski definition) is 1. The Balaban J connectivity index is 2.00. The second-order valence-corrected chi connectivity index (χ2v) is 6.60. The highest BCUT2D eigenvalue weighted by Crippen LogP contribution is 2.22. The number of likely N-dealkylation sites (tertiary alicyclic amines) is 1. The molecule has 1 aromatic rings. The van der Waals surface area contributed by atoms with Crippen LogP contribution in [0.25, 0.3) is 0 Å². The molecule has 0 radical (unpaired) electrons. The first kappa shape index (κ1) is 15.0. The number of piperidine rings is 1. The molecule has 2 rings (SSSR count). The zero-order valence-electron chi connectivity index (χ0n) is 11.0. The van der Waals surface area contributed by atoms with E-state index in [-0.39, 0.29) is 11.9 Å². The lowest BCUT2D eigenvalue weighted by molar-refractivity contribution is 0.0905. The molecule has 1 aliphatic rings. The summed E-state index contributed by atoms with van der Waals surface area (Å²) in [4.78, 5) is 14.6. The summed E-state index contributed by atoms with van der Waals surface area (Å²) in [6.45, 7) is 5.31. The van der Waals surface area contributed by atoms with Gasteiger partial charge in [0, 0.05) is 21.5 Å². The Hall–Kier alpha value is -0.390. The summed E-state index contributed by atoms with van der Waals surface area (Å²) in [5, 5.41) is 3.13. The highest BCUT2D eigenvalue weighted by Gasteiger charge is 2.21. The van der Waals surface area contributed by atoms with Crippen LogP contribution in [0.1, 0.15) is 30.1 Å². The van der Waals surface area contributed by atoms with Crippen molar-refractivity contribution in [2.24, 2.45) is 0 Å². The Morgan fingerprint density at radius 2 is 2.26 bits per heavy atom. The van der Waals surface area contributed by atoms with Gasteiger partial charge >= 0.3 is 0 Å². The predicted molar refractivity (Wildman–Crippen MR) is 84.4 cm³/mol. The van der Waals surface area contributed by atoms with Crippen LogP contribution in [0.3, 0.4) is 0 Å². The Morgan fingerprint density at radius 3 is 2.95 bits per heavy atom.